The molecule has 19 heteroatoms. The zero-order chi connectivity index (χ0) is 42.7. The van der Waals surface area contributed by atoms with Gasteiger partial charge >= 0.3 is 24.0 Å². The van der Waals surface area contributed by atoms with Crippen LogP contribution in [-0.2, 0) is 63.7 Å². The molecule has 0 saturated heterocycles. The second-order valence-electron chi connectivity index (χ2n) is 13.1. The highest BCUT2D eigenvalue weighted by Crippen LogP contribution is 2.29. The minimum absolute atomic E-state index is 0.0425. The van der Waals surface area contributed by atoms with E-state index in [1.54, 1.807) is 0 Å². The summed E-state index contributed by atoms with van der Waals surface area (Å²) in [5.74, 6) is -4.24. The number of nitrogens with one attached hydrogen (secondary N) is 3. The molecule has 0 aliphatic carbocycles. The monoisotopic (exact) mass is 831 g/mol. The van der Waals surface area contributed by atoms with Crippen molar-refractivity contribution in [3.8, 4) is 0 Å². The summed E-state index contributed by atoms with van der Waals surface area (Å²) < 4.78 is 38.1. The fraction of sp³-hybridized carbons (Fsp3) is 0.500. The molecule has 3 aromatic rings. The van der Waals surface area contributed by atoms with Crippen LogP contribution < -0.4 is 16.0 Å². The van der Waals surface area contributed by atoms with Crippen LogP contribution in [0.4, 0.5) is 4.79 Å². The molecule has 0 spiro atoms. The van der Waals surface area contributed by atoms with E-state index in [0.717, 1.165) is 27.1 Å². The van der Waals surface area contributed by atoms with Gasteiger partial charge in [-0.05, 0) is 27.6 Å². The maximum atomic E-state index is 12.9. The van der Waals surface area contributed by atoms with Gasteiger partial charge in [0.15, 0.2) is 0 Å². The third-order valence-corrected chi connectivity index (χ3v) is 8.31. The number of carbonyl (C=O) groups is 6. The molecule has 0 saturated carbocycles. The average Bonchev–Trinajstić information content (AvgIpc) is 3.20. The zero-order valence-electron chi connectivity index (χ0n) is 32.8. The number of fused-ring (bicyclic) bond motifs is 2. The second-order valence-corrected chi connectivity index (χ2v) is 13.1. The molecule has 19 nitrogen and oxygen atoms in total. The first kappa shape index (κ1) is 47.9. The summed E-state index contributed by atoms with van der Waals surface area (Å²) in [5, 5.41) is 38.9. The van der Waals surface area contributed by atoms with Crippen LogP contribution in [0.2, 0.25) is 0 Å². The van der Waals surface area contributed by atoms with Gasteiger partial charge in [-0.15, -0.1) is 0 Å². The Morgan fingerprint density at radius 1 is 0.525 bits per heavy atom. The summed E-state index contributed by atoms with van der Waals surface area (Å²) in [6.07, 6.45) is -1.67. The van der Waals surface area contributed by atoms with Crippen LogP contribution >= 0.6 is 0 Å². The molecule has 0 unspecified atom stereocenters. The van der Waals surface area contributed by atoms with Crippen LogP contribution in [0.1, 0.15) is 31.2 Å². The lowest BCUT2D eigenvalue weighted by Gasteiger charge is -2.34. The first-order valence-electron chi connectivity index (χ1n) is 19.0. The lowest BCUT2D eigenvalue weighted by molar-refractivity contribution is -0.140. The molecular formula is C40H53N3O16. The molecule has 3 rings (SSSR count). The maximum absolute atomic E-state index is 12.9. The Hall–Kier alpha value is -5.44. The van der Waals surface area contributed by atoms with E-state index >= 15 is 0 Å². The predicted octanol–water partition coefficient (Wildman–Crippen LogP) is 2.10. The van der Waals surface area contributed by atoms with Gasteiger partial charge in [-0.25, -0.2) is 4.79 Å². The summed E-state index contributed by atoms with van der Waals surface area (Å²) in [4.78, 5) is 70.1. The van der Waals surface area contributed by atoms with Crippen molar-refractivity contribution in [3.05, 3.63) is 60.2 Å². The molecule has 324 valence electrons. The van der Waals surface area contributed by atoms with E-state index in [1.165, 1.54) is 0 Å². The molecule has 0 radical (unpaired) electrons. The Labute approximate surface area is 340 Å². The smallest absolute Gasteiger partial charge is 0.407 e. The summed E-state index contributed by atoms with van der Waals surface area (Å²) >= 11 is 0. The molecule has 6 N–H and O–H groups in total. The van der Waals surface area contributed by atoms with Crippen LogP contribution in [0, 0.1) is 0 Å². The van der Waals surface area contributed by atoms with Crippen molar-refractivity contribution in [3.63, 3.8) is 0 Å². The third-order valence-electron chi connectivity index (χ3n) is 8.31. The summed E-state index contributed by atoms with van der Waals surface area (Å²) in [6, 6.07) is 18.0. The number of rotatable bonds is 32. The van der Waals surface area contributed by atoms with Crippen molar-refractivity contribution >= 4 is 57.4 Å². The van der Waals surface area contributed by atoms with Gasteiger partial charge in [0.25, 0.3) is 0 Å². The van der Waals surface area contributed by atoms with Gasteiger partial charge in [-0.3, -0.25) is 24.0 Å². The van der Waals surface area contributed by atoms with Crippen LogP contribution in [0.5, 0.6) is 0 Å². The minimum atomic E-state index is -1.40. The molecular weight excluding hydrogens is 778 g/mol. The number of carbonyl (C=O) groups excluding carboxylic acids is 3. The largest absolute Gasteiger partial charge is 0.481 e. The molecule has 0 fully saturated rings. The van der Waals surface area contributed by atoms with Crippen LogP contribution in [-0.4, -0.2) is 149 Å². The SMILES string of the molecule is O=C(O)CCOCC(COCCC(=O)O)(COCCC(=O)O)NC(=O)CCOCCNC(=O)COCCOCCNC(=O)OCc1c2ccccc2cc2ccccc12. The molecule has 3 aromatic carbocycles. The fourth-order valence-electron chi connectivity index (χ4n) is 5.52. The lowest BCUT2D eigenvalue weighted by atomic mass is 9.97. The Balaban J connectivity index is 1.26. The Morgan fingerprint density at radius 2 is 1.00 bits per heavy atom. The summed E-state index contributed by atoms with van der Waals surface area (Å²) in [6.45, 7) is -0.605. The molecule has 0 atom stereocenters. The van der Waals surface area contributed by atoms with Crippen molar-refractivity contribution in [1.82, 2.24) is 16.0 Å². The van der Waals surface area contributed by atoms with E-state index in [-0.39, 0.29) is 125 Å². The number of amides is 3. The standard InChI is InChI=1S/C40H53N3O16/c44-34(43-40(26-56-16-10-36(46)47,27-57-17-11-37(48)49)28-58-18-12-38(50)51)9-15-53-19-13-41-35(45)25-55-22-21-54-20-14-42-39(52)59-24-33-31-7-3-1-5-29(31)23-30-6-2-4-8-32(30)33/h1-8,23H,9-22,24-28H2,(H,41,45)(H,42,52)(H,43,44)(H,46,47)(H,48,49)(H,50,51). The van der Waals surface area contributed by atoms with Gasteiger partial charge in [-0.1, -0.05) is 48.5 Å². The minimum Gasteiger partial charge on any atom is -0.481 e. The van der Waals surface area contributed by atoms with E-state index in [1.807, 2.05) is 48.5 Å². The van der Waals surface area contributed by atoms with E-state index in [4.69, 9.17) is 48.5 Å². The van der Waals surface area contributed by atoms with Gasteiger partial charge < -0.3 is 64.4 Å². The number of hydrogen-bond acceptors (Lipinski definition) is 13. The van der Waals surface area contributed by atoms with E-state index in [9.17, 15) is 28.8 Å². The molecule has 0 bridgehead atoms. The number of aliphatic carboxylic acids is 3. The number of ether oxygens (including phenoxy) is 7. The second kappa shape index (κ2) is 27.3. The van der Waals surface area contributed by atoms with Gasteiger partial charge in [-0.2, -0.15) is 0 Å². The average molecular weight is 832 g/mol. The molecule has 0 aromatic heterocycles. The molecule has 3 amide bonds. The highest BCUT2D eigenvalue weighted by molar-refractivity contribution is 6.02. The van der Waals surface area contributed by atoms with Crippen LogP contribution in [0.3, 0.4) is 0 Å². The number of carboxylic acid groups (broad SMARTS) is 3. The van der Waals surface area contributed by atoms with Gasteiger partial charge in [0, 0.05) is 25.1 Å². The Morgan fingerprint density at radius 3 is 1.54 bits per heavy atom. The Kier molecular flexibility index (Phi) is 22.2. The van der Waals surface area contributed by atoms with Gasteiger partial charge in [0.05, 0.1) is 91.9 Å². The number of carboxylic acids is 3. The maximum Gasteiger partial charge on any atom is 0.407 e. The summed E-state index contributed by atoms with van der Waals surface area (Å²) in [5.41, 5.74) is -0.467. The first-order valence-corrected chi connectivity index (χ1v) is 19.0. The Bertz CT molecular complexity index is 1700. The highest BCUT2D eigenvalue weighted by atomic mass is 16.6. The van der Waals surface area contributed by atoms with Crippen molar-refractivity contribution in [2.45, 2.75) is 37.8 Å². The van der Waals surface area contributed by atoms with E-state index < -0.39 is 41.4 Å². The lowest BCUT2D eigenvalue weighted by Crippen LogP contribution is -2.59. The van der Waals surface area contributed by atoms with Crippen LogP contribution in [0.15, 0.2) is 54.6 Å². The fourth-order valence-corrected chi connectivity index (χ4v) is 5.52. The molecule has 0 aliphatic heterocycles. The molecule has 59 heavy (non-hydrogen) atoms. The van der Waals surface area contributed by atoms with E-state index in [2.05, 4.69) is 22.0 Å². The van der Waals surface area contributed by atoms with Crippen molar-refractivity contribution < 1.29 is 77.2 Å². The van der Waals surface area contributed by atoms with Crippen molar-refractivity contribution in [2.24, 2.45) is 0 Å². The van der Waals surface area contributed by atoms with Crippen LogP contribution in [0.25, 0.3) is 21.5 Å². The quantitative estimate of drug-likeness (QED) is 0.0389. The van der Waals surface area contributed by atoms with Crippen molar-refractivity contribution in [1.29, 1.82) is 0 Å². The molecule has 0 aliphatic rings. The summed E-state index contributed by atoms with van der Waals surface area (Å²) in [7, 11) is 0. The van der Waals surface area contributed by atoms with Crippen molar-refractivity contribution in [2.75, 3.05) is 92.4 Å². The number of alkyl carbamates (subject to hydrolysis) is 1. The molecule has 0 heterocycles. The number of benzene rings is 3. The zero-order valence-corrected chi connectivity index (χ0v) is 32.8. The first-order chi connectivity index (χ1) is 28.5. The third kappa shape index (κ3) is 19.7. The van der Waals surface area contributed by atoms with Gasteiger partial charge in [0.2, 0.25) is 11.8 Å². The highest BCUT2D eigenvalue weighted by Gasteiger charge is 2.34. The number of hydrogen-bond donors (Lipinski definition) is 6. The van der Waals surface area contributed by atoms with E-state index in [0.29, 0.717) is 0 Å². The predicted molar refractivity (Wildman–Crippen MR) is 210 cm³/mol. The van der Waals surface area contributed by atoms with Gasteiger partial charge in [0.1, 0.15) is 18.8 Å². The topological polar surface area (TPSA) is 264 Å². The normalized spacial score (nSPS) is 11.3.